The smallest absolute Gasteiger partial charge is 0.400 e. The summed E-state index contributed by atoms with van der Waals surface area (Å²) in [5.41, 5.74) is 2.90. The van der Waals surface area contributed by atoms with Crippen molar-refractivity contribution in [1.29, 1.82) is 0 Å². The second-order valence-electron chi connectivity index (χ2n) is 5.51. The minimum Gasteiger partial charge on any atom is -0.400 e. The van der Waals surface area contributed by atoms with Gasteiger partial charge >= 0.3 is 5.88 Å². The molecule has 0 aliphatic rings. The fourth-order valence-electron chi connectivity index (χ4n) is 3.09. The maximum Gasteiger partial charge on any atom is 0.442 e. The largest absolute Gasteiger partial charge is 0.442 e. The maximum atomic E-state index is 11.5. The number of benzene rings is 3. The standard InChI is InChI=1S/C19H13NO3/c1-12-6-2-4-8-14(12)18-17-15-9-5-3-7-13(15)10-11-16(17)23-19(18)20(21)22/h2-11H,1H3. The third kappa shape index (κ3) is 1.99. The third-order valence-electron chi connectivity index (χ3n) is 4.14. The molecule has 3 aromatic carbocycles. The van der Waals surface area contributed by atoms with E-state index in [4.69, 9.17) is 4.42 Å². The highest BCUT2D eigenvalue weighted by Crippen LogP contribution is 2.43. The van der Waals surface area contributed by atoms with E-state index >= 15 is 0 Å². The van der Waals surface area contributed by atoms with Crippen LogP contribution in [0.25, 0.3) is 32.9 Å². The van der Waals surface area contributed by atoms with Gasteiger partial charge in [0.25, 0.3) is 0 Å². The molecule has 0 bridgehead atoms. The van der Waals surface area contributed by atoms with Gasteiger partial charge in [0.2, 0.25) is 0 Å². The number of nitrogens with zero attached hydrogens (tertiary/aromatic N) is 1. The summed E-state index contributed by atoms with van der Waals surface area (Å²) in [6, 6.07) is 19.2. The molecule has 1 heterocycles. The lowest BCUT2D eigenvalue weighted by molar-refractivity contribution is -0.400. The molecule has 0 fully saturated rings. The molecular formula is C19H13NO3. The minimum absolute atomic E-state index is 0.203. The molecule has 0 spiro atoms. The van der Waals surface area contributed by atoms with Gasteiger partial charge in [0.15, 0.2) is 0 Å². The van der Waals surface area contributed by atoms with Crippen LogP contribution in [0.15, 0.2) is 65.1 Å². The molecule has 4 aromatic rings. The summed E-state index contributed by atoms with van der Waals surface area (Å²) < 4.78 is 5.58. The molecule has 4 nitrogen and oxygen atoms in total. The van der Waals surface area contributed by atoms with Crippen LogP contribution >= 0.6 is 0 Å². The summed E-state index contributed by atoms with van der Waals surface area (Å²) in [5, 5.41) is 14.3. The third-order valence-corrected chi connectivity index (χ3v) is 4.14. The molecule has 0 N–H and O–H groups in total. The van der Waals surface area contributed by atoms with Crippen molar-refractivity contribution in [2.24, 2.45) is 0 Å². The topological polar surface area (TPSA) is 56.3 Å². The van der Waals surface area contributed by atoms with E-state index < -0.39 is 4.92 Å². The van der Waals surface area contributed by atoms with Crippen molar-refractivity contribution in [2.45, 2.75) is 6.92 Å². The molecular weight excluding hydrogens is 290 g/mol. The number of furan rings is 1. The van der Waals surface area contributed by atoms with Gasteiger partial charge < -0.3 is 4.42 Å². The Labute approximate surface area is 132 Å². The van der Waals surface area contributed by atoms with Crippen molar-refractivity contribution in [3.63, 3.8) is 0 Å². The van der Waals surface area contributed by atoms with Crippen molar-refractivity contribution < 1.29 is 9.34 Å². The van der Waals surface area contributed by atoms with Gasteiger partial charge in [-0.3, -0.25) is 10.1 Å². The fourth-order valence-corrected chi connectivity index (χ4v) is 3.09. The monoisotopic (exact) mass is 303 g/mol. The molecule has 4 rings (SSSR count). The van der Waals surface area contributed by atoms with Crippen molar-refractivity contribution in [3.05, 3.63) is 76.3 Å². The highest BCUT2D eigenvalue weighted by atomic mass is 16.6. The predicted octanol–water partition coefficient (Wildman–Crippen LogP) is 5.47. The lowest BCUT2D eigenvalue weighted by Gasteiger charge is -2.05. The Kier molecular flexibility index (Phi) is 2.91. The van der Waals surface area contributed by atoms with Gasteiger partial charge in [-0.1, -0.05) is 54.6 Å². The number of rotatable bonds is 2. The Morgan fingerprint density at radius 1 is 0.957 bits per heavy atom. The quantitative estimate of drug-likeness (QED) is 0.364. The highest BCUT2D eigenvalue weighted by molar-refractivity contribution is 6.15. The number of nitro groups is 1. The van der Waals surface area contributed by atoms with E-state index in [9.17, 15) is 10.1 Å². The summed E-state index contributed by atoms with van der Waals surface area (Å²) in [5.74, 6) is -0.203. The first kappa shape index (κ1) is 13.5. The van der Waals surface area contributed by atoms with Crippen LogP contribution < -0.4 is 0 Å². The molecule has 0 saturated carbocycles. The van der Waals surface area contributed by atoms with Crippen LogP contribution in [-0.2, 0) is 0 Å². The van der Waals surface area contributed by atoms with Gasteiger partial charge in [-0.15, -0.1) is 0 Å². The van der Waals surface area contributed by atoms with E-state index in [0.29, 0.717) is 11.1 Å². The lowest BCUT2D eigenvalue weighted by Crippen LogP contribution is -1.90. The summed E-state index contributed by atoms with van der Waals surface area (Å²) in [6.45, 7) is 1.95. The van der Waals surface area contributed by atoms with Gasteiger partial charge in [0, 0.05) is 5.39 Å². The van der Waals surface area contributed by atoms with Crippen LogP contribution in [0.3, 0.4) is 0 Å². The number of aryl methyl sites for hydroxylation is 1. The lowest BCUT2D eigenvalue weighted by atomic mass is 9.96. The summed E-state index contributed by atoms with van der Waals surface area (Å²) in [4.78, 5) is 11.1. The summed E-state index contributed by atoms with van der Waals surface area (Å²) in [6.07, 6.45) is 0. The van der Waals surface area contributed by atoms with Gasteiger partial charge in [-0.05, 0) is 34.9 Å². The first-order valence-corrected chi connectivity index (χ1v) is 7.31. The summed E-state index contributed by atoms with van der Waals surface area (Å²) in [7, 11) is 0. The number of fused-ring (bicyclic) bond motifs is 3. The van der Waals surface area contributed by atoms with Crippen molar-refractivity contribution in [3.8, 4) is 11.1 Å². The fraction of sp³-hybridized carbons (Fsp3) is 0.0526. The molecule has 0 amide bonds. The normalized spacial score (nSPS) is 11.2. The zero-order valence-corrected chi connectivity index (χ0v) is 12.4. The van der Waals surface area contributed by atoms with Gasteiger partial charge in [-0.25, -0.2) is 0 Å². The first-order valence-electron chi connectivity index (χ1n) is 7.31. The van der Waals surface area contributed by atoms with Gasteiger partial charge in [0.1, 0.15) is 16.1 Å². The Morgan fingerprint density at radius 3 is 2.48 bits per heavy atom. The second-order valence-corrected chi connectivity index (χ2v) is 5.51. The predicted molar refractivity (Wildman–Crippen MR) is 90.5 cm³/mol. The zero-order chi connectivity index (χ0) is 16.0. The minimum atomic E-state index is -0.448. The van der Waals surface area contributed by atoms with E-state index in [1.807, 2.05) is 61.5 Å². The molecule has 23 heavy (non-hydrogen) atoms. The molecule has 0 radical (unpaired) electrons. The molecule has 112 valence electrons. The van der Waals surface area contributed by atoms with Gasteiger partial charge in [0.05, 0.1) is 0 Å². The first-order chi connectivity index (χ1) is 11.2. The Morgan fingerprint density at radius 2 is 1.70 bits per heavy atom. The van der Waals surface area contributed by atoms with Crippen LogP contribution in [0, 0.1) is 17.0 Å². The van der Waals surface area contributed by atoms with E-state index in [2.05, 4.69) is 0 Å². The Hall–Kier alpha value is -3.14. The van der Waals surface area contributed by atoms with E-state index in [-0.39, 0.29) is 5.88 Å². The van der Waals surface area contributed by atoms with Crippen LogP contribution in [0.2, 0.25) is 0 Å². The SMILES string of the molecule is Cc1ccccc1-c1c([N+](=O)[O-])oc2ccc3ccccc3c12. The summed E-state index contributed by atoms with van der Waals surface area (Å²) >= 11 is 0. The molecule has 0 aliphatic heterocycles. The Balaban J connectivity index is 2.24. The van der Waals surface area contributed by atoms with Crippen LogP contribution in [-0.4, -0.2) is 4.92 Å². The number of hydrogen-bond acceptors (Lipinski definition) is 3. The van der Waals surface area contributed by atoms with Crippen molar-refractivity contribution in [2.75, 3.05) is 0 Å². The Bertz CT molecular complexity index is 1060. The van der Waals surface area contributed by atoms with Crippen LogP contribution in [0.4, 0.5) is 5.88 Å². The van der Waals surface area contributed by atoms with Crippen LogP contribution in [0.1, 0.15) is 5.56 Å². The molecule has 1 aromatic heterocycles. The average Bonchev–Trinajstić information content (AvgIpc) is 2.95. The maximum absolute atomic E-state index is 11.5. The van der Waals surface area contributed by atoms with E-state index in [1.165, 1.54) is 0 Å². The molecule has 0 unspecified atom stereocenters. The van der Waals surface area contributed by atoms with E-state index in [0.717, 1.165) is 27.3 Å². The second kappa shape index (κ2) is 4.95. The van der Waals surface area contributed by atoms with Crippen molar-refractivity contribution >= 4 is 27.6 Å². The van der Waals surface area contributed by atoms with Crippen LogP contribution in [0.5, 0.6) is 0 Å². The van der Waals surface area contributed by atoms with E-state index in [1.54, 1.807) is 6.07 Å². The number of hydrogen-bond donors (Lipinski definition) is 0. The average molecular weight is 303 g/mol. The van der Waals surface area contributed by atoms with Crippen molar-refractivity contribution in [1.82, 2.24) is 0 Å². The highest BCUT2D eigenvalue weighted by Gasteiger charge is 2.27. The molecule has 0 atom stereocenters. The van der Waals surface area contributed by atoms with Gasteiger partial charge in [-0.2, -0.15) is 0 Å². The zero-order valence-electron chi connectivity index (χ0n) is 12.4. The molecule has 4 heteroatoms. The molecule has 0 aliphatic carbocycles. The molecule has 0 saturated heterocycles.